The van der Waals surface area contributed by atoms with Crippen molar-refractivity contribution in [1.29, 1.82) is 0 Å². The standard InChI is InChI=1S/C26H32BrFN2O4/c1-5-18-23-19(25(32)20(26(33)34)14-29(23)6-2)12-21(28)24(18)30-10-8-7-9-17(15(3)13-30)11-22(31)16(4)27/h12,14-15,17H,4-11,13H2,1-3H3,(H,33,34). The topological polar surface area (TPSA) is 79.6 Å². The molecule has 1 aromatic heterocycles. The zero-order chi connectivity index (χ0) is 25.2. The van der Waals surface area contributed by atoms with E-state index < -0.39 is 17.2 Å². The van der Waals surface area contributed by atoms with Crippen molar-refractivity contribution in [2.75, 3.05) is 18.0 Å². The molecule has 1 aromatic carbocycles. The first-order valence-electron chi connectivity index (χ1n) is 11.8. The maximum Gasteiger partial charge on any atom is 0.341 e. The molecule has 1 N–H and O–H groups in total. The molecule has 184 valence electrons. The van der Waals surface area contributed by atoms with Crippen LogP contribution < -0.4 is 10.3 Å². The van der Waals surface area contributed by atoms with Crippen molar-refractivity contribution in [2.45, 2.75) is 59.4 Å². The fourth-order valence-electron chi connectivity index (χ4n) is 5.12. The van der Waals surface area contributed by atoms with Crippen LogP contribution in [0.1, 0.15) is 62.4 Å². The van der Waals surface area contributed by atoms with E-state index in [-0.39, 0.29) is 28.6 Å². The van der Waals surface area contributed by atoms with Crippen LogP contribution in [-0.2, 0) is 17.8 Å². The molecule has 0 saturated carbocycles. The van der Waals surface area contributed by atoms with E-state index in [2.05, 4.69) is 29.4 Å². The molecule has 2 heterocycles. The van der Waals surface area contributed by atoms with Gasteiger partial charge in [-0.3, -0.25) is 9.59 Å². The molecule has 1 aliphatic rings. The first-order chi connectivity index (χ1) is 16.1. The summed E-state index contributed by atoms with van der Waals surface area (Å²) in [5.41, 5.74) is 0.753. The lowest BCUT2D eigenvalue weighted by atomic mass is 9.83. The van der Waals surface area contributed by atoms with Crippen molar-refractivity contribution in [3.05, 3.63) is 50.5 Å². The van der Waals surface area contributed by atoms with Gasteiger partial charge in [0.05, 0.1) is 15.7 Å². The third-order valence-corrected chi connectivity index (χ3v) is 7.38. The lowest BCUT2D eigenvalue weighted by Gasteiger charge is -2.36. The number of carboxylic acid groups (broad SMARTS) is 1. The maximum atomic E-state index is 15.7. The quantitative estimate of drug-likeness (QED) is 0.472. The molecule has 0 aliphatic carbocycles. The molecule has 3 rings (SSSR count). The highest BCUT2D eigenvalue weighted by atomic mass is 79.9. The molecule has 2 aromatic rings. The smallest absolute Gasteiger partial charge is 0.341 e. The third-order valence-electron chi connectivity index (χ3n) is 6.94. The number of aromatic nitrogens is 1. The average molecular weight is 535 g/mol. The van der Waals surface area contributed by atoms with Crippen LogP contribution in [0.5, 0.6) is 0 Å². The highest BCUT2D eigenvalue weighted by Crippen LogP contribution is 2.36. The highest BCUT2D eigenvalue weighted by molar-refractivity contribution is 9.12. The molecule has 2 atom stereocenters. The summed E-state index contributed by atoms with van der Waals surface area (Å²) in [7, 11) is 0. The number of fused-ring (bicyclic) bond motifs is 1. The van der Waals surface area contributed by atoms with Crippen molar-refractivity contribution >= 4 is 44.3 Å². The normalized spacial score (nSPS) is 19.0. The summed E-state index contributed by atoms with van der Waals surface area (Å²) in [5.74, 6) is -1.51. The summed E-state index contributed by atoms with van der Waals surface area (Å²) in [5, 5.41) is 9.56. The van der Waals surface area contributed by atoms with Gasteiger partial charge < -0.3 is 14.6 Å². The summed E-state index contributed by atoms with van der Waals surface area (Å²) >= 11 is 3.19. The van der Waals surface area contributed by atoms with Gasteiger partial charge in [-0.2, -0.15) is 0 Å². The first kappa shape index (κ1) is 26.1. The summed E-state index contributed by atoms with van der Waals surface area (Å²) in [6, 6.07) is 1.20. The van der Waals surface area contributed by atoms with E-state index in [0.29, 0.717) is 53.7 Å². The minimum Gasteiger partial charge on any atom is -0.477 e. The maximum absolute atomic E-state index is 15.7. The predicted octanol–water partition coefficient (Wildman–Crippen LogP) is 5.53. The van der Waals surface area contributed by atoms with Crippen LogP contribution in [0.3, 0.4) is 0 Å². The Hall–Kier alpha value is -2.48. The van der Waals surface area contributed by atoms with Crippen molar-refractivity contribution in [1.82, 2.24) is 4.57 Å². The molecular weight excluding hydrogens is 503 g/mol. The van der Waals surface area contributed by atoms with E-state index in [9.17, 15) is 19.5 Å². The van der Waals surface area contributed by atoms with E-state index in [1.165, 1.54) is 12.3 Å². The Morgan fingerprint density at radius 1 is 1.29 bits per heavy atom. The third kappa shape index (κ3) is 5.11. The molecular formula is C26H32BrFN2O4. The number of Topliss-reactive ketones (excluding diaryl/α,β-unsaturated/α-hetero) is 1. The molecule has 0 spiro atoms. The molecule has 6 nitrogen and oxygen atoms in total. The van der Waals surface area contributed by atoms with Crippen LogP contribution in [0, 0.1) is 17.7 Å². The van der Waals surface area contributed by atoms with Gasteiger partial charge in [0.25, 0.3) is 0 Å². The number of aromatic carboxylic acids is 1. The number of rotatable bonds is 7. The number of benzene rings is 1. The lowest BCUT2D eigenvalue weighted by Crippen LogP contribution is -2.36. The van der Waals surface area contributed by atoms with Crippen molar-refractivity contribution in [3.8, 4) is 0 Å². The molecule has 1 fully saturated rings. The molecule has 34 heavy (non-hydrogen) atoms. The number of hydrogen-bond donors (Lipinski definition) is 1. The summed E-state index contributed by atoms with van der Waals surface area (Å²) in [4.78, 5) is 38.8. The first-order valence-corrected chi connectivity index (χ1v) is 12.6. The Balaban J connectivity index is 2.13. The van der Waals surface area contributed by atoms with Crippen LogP contribution in [0.2, 0.25) is 0 Å². The number of pyridine rings is 1. The average Bonchev–Trinajstić information content (AvgIpc) is 2.78. The molecule has 8 heteroatoms. The van der Waals surface area contributed by atoms with Crippen LogP contribution in [0.15, 0.2) is 28.1 Å². The molecule has 0 radical (unpaired) electrons. The Kier molecular flexibility index (Phi) is 8.34. The van der Waals surface area contributed by atoms with E-state index in [4.69, 9.17) is 0 Å². The second kappa shape index (κ2) is 10.8. The number of aryl methyl sites for hydroxylation is 2. The van der Waals surface area contributed by atoms with Gasteiger partial charge in [-0.25, -0.2) is 9.18 Å². The molecule has 1 aliphatic heterocycles. The fraction of sp³-hybridized carbons (Fsp3) is 0.500. The Bertz CT molecular complexity index is 1190. The van der Waals surface area contributed by atoms with Crippen LogP contribution in [0.25, 0.3) is 10.9 Å². The van der Waals surface area contributed by atoms with Gasteiger partial charge in [-0.05, 0) is 60.0 Å². The van der Waals surface area contributed by atoms with Gasteiger partial charge >= 0.3 is 5.97 Å². The van der Waals surface area contributed by atoms with Gasteiger partial charge in [-0.15, -0.1) is 0 Å². The van der Waals surface area contributed by atoms with Gasteiger partial charge in [0.1, 0.15) is 11.4 Å². The van der Waals surface area contributed by atoms with E-state index in [1.54, 1.807) is 4.57 Å². The number of carbonyl (C=O) groups excluding carboxylic acids is 1. The number of carbonyl (C=O) groups is 2. The number of nitrogens with zero attached hydrogens (tertiary/aromatic N) is 2. The van der Waals surface area contributed by atoms with Crippen molar-refractivity contribution in [3.63, 3.8) is 0 Å². The number of carboxylic acids is 1. The summed E-state index contributed by atoms with van der Waals surface area (Å²) in [6.07, 6.45) is 5.00. The monoisotopic (exact) mass is 534 g/mol. The highest BCUT2D eigenvalue weighted by Gasteiger charge is 2.29. The van der Waals surface area contributed by atoms with Gasteiger partial charge in [0.2, 0.25) is 5.43 Å². The summed E-state index contributed by atoms with van der Waals surface area (Å²) < 4.78 is 17.8. The zero-order valence-corrected chi connectivity index (χ0v) is 21.6. The largest absolute Gasteiger partial charge is 0.477 e. The van der Waals surface area contributed by atoms with Crippen LogP contribution in [-0.4, -0.2) is 34.5 Å². The summed E-state index contributed by atoms with van der Waals surface area (Å²) in [6.45, 7) is 11.3. The van der Waals surface area contributed by atoms with E-state index in [0.717, 1.165) is 19.3 Å². The Morgan fingerprint density at radius 2 is 2.00 bits per heavy atom. The second-order valence-electron chi connectivity index (χ2n) is 9.11. The Morgan fingerprint density at radius 3 is 2.59 bits per heavy atom. The molecule has 0 amide bonds. The van der Waals surface area contributed by atoms with Crippen LogP contribution >= 0.6 is 15.9 Å². The zero-order valence-electron chi connectivity index (χ0n) is 20.0. The predicted molar refractivity (Wildman–Crippen MR) is 137 cm³/mol. The lowest BCUT2D eigenvalue weighted by molar-refractivity contribution is -0.116. The molecule has 0 bridgehead atoms. The van der Waals surface area contributed by atoms with Crippen LogP contribution in [0.4, 0.5) is 10.1 Å². The molecule has 2 unspecified atom stereocenters. The van der Waals surface area contributed by atoms with E-state index >= 15 is 4.39 Å². The number of ketones is 1. The minimum absolute atomic E-state index is 0.00342. The van der Waals surface area contributed by atoms with Gasteiger partial charge in [0.15, 0.2) is 5.78 Å². The van der Waals surface area contributed by atoms with Crippen molar-refractivity contribution < 1.29 is 19.1 Å². The number of halogens is 2. The fourth-order valence-corrected chi connectivity index (χ4v) is 5.28. The SMILES string of the molecule is C=C(Br)C(=O)CC1CCCCN(c2c(F)cc3c(=O)c(C(=O)O)cn(CC)c3c2CC)CC1C. The minimum atomic E-state index is -1.32. The van der Waals surface area contributed by atoms with Gasteiger partial charge in [-0.1, -0.05) is 26.8 Å². The second-order valence-corrected chi connectivity index (χ2v) is 10.1. The number of hydrogen-bond acceptors (Lipinski definition) is 4. The van der Waals surface area contributed by atoms with Crippen molar-refractivity contribution in [2.24, 2.45) is 11.8 Å². The van der Waals surface area contributed by atoms with Gasteiger partial charge in [0, 0.05) is 43.2 Å². The van der Waals surface area contributed by atoms with E-state index in [1.807, 2.05) is 18.7 Å². The Labute approximate surface area is 207 Å². The molecule has 1 saturated heterocycles. The number of anilines is 1. The number of allylic oxidation sites excluding steroid dienone is 1.